The van der Waals surface area contributed by atoms with Gasteiger partial charge in [-0.25, -0.2) is 4.98 Å². The molecule has 4 rings (SSSR count). The highest BCUT2D eigenvalue weighted by Gasteiger charge is 2.33. The monoisotopic (exact) mass is 482 g/mol. The summed E-state index contributed by atoms with van der Waals surface area (Å²) in [6.45, 7) is 8.26. The maximum atomic E-state index is 13.5. The smallest absolute Gasteiger partial charge is 0.337 e. The maximum Gasteiger partial charge on any atom is 0.417 e. The summed E-state index contributed by atoms with van der Waals surface area (Å²) in [5, 5.41) is 4.93. The molecule has 9 heteroatoms. The van der Waals surface area contributed by atoms with Crippen LogP contribution < -0.4 is 0 Å². The minimum absolute atomic E-state index is 0. The molecule has 0 saturated heterocycles. The molecule has 2 aromatic heterocycles. The lowest BCUT2D eigenvalue weighted by Crippen LogP contribution is -2.13. The van der Waals surface area contributed by atoms with E-state index in [9.17, 15) is 13.2 Å². The van der Waals surface area contributed by atoms with E-state index in [4.69, 9.17) is 11.6 Å². The van der Waals surface area contributed by atoms with Crippen molar-refractivity contribution < 1.29 is 13.2 Å². The number of halogens is 5. The predicted octanol–water partition coefficient (Wildman–Crippen LogP) is 7.33. The van der Waals surface area contributed by atoms with Crippen molar-refractivity contribution in [2.24, 2.45) is 7.05 Å². The number of fused-ring (bicyclic) bond motifs is 1. The van der Waals surface area contributed by atoms with Crippen molar-refractivity contribution >= 4 is 35.0 Å². The average Bonchev–Trinajstić information content (AvgIpc) is 3.21. The van der Waals surface area contributed by atoms with Crippen LogP contribution in [0.25, 0.3) is 33.7 Å². The largest absolute Gasteiger partial charge is 0.417 e. The number of H-pyrrole nitrogens is 1. The fraction of sp³-hybridized carbons (Fsp3) is 0.304. The summed E-state index contributed by atoms with van der Waals surface area (Å²) >= 11 is 6.45. The quantitative estimate of drug-likeness (QED) is 0.325. The number of aromatic nitrogens is 4. The molecule has 0 unspecified atom stereocenters. The van der Waals surface area contributed by atoms with Crippen molar-refractivity contribution in [2.75, 3.05) is 0 Å². The van der Waals surface area contributed by atoms with Crippen molar-refractivity contribution in [3.05, 3.63) is 58.2 Å². The van der Waals surface area contributed by atoms with E-state index >= 15 is 0 Å². The van der Waals surface area contributed by atoms with Crippen LogP contribution in [0.5, 0.6) is 0 Å². The molecule has 4 aromatic rings. The fourth-order valence-electron chi connectivity index (χ4n) is 4.00. The van der Waals surface area contributed by atoms with Gasteiger partial charge in [-0.05, 0) is 36.2 Å². The van der Waals surface area contributed by atoms with Gasteiger partial charge in [-0.15, -0.1) is 12.4 Å². The number of hydrogen-bond acceptors (Lipinski definition) is 2. The molecule has 2 heterocycles. The standard InChI is InChI=1S/C23H22ClF3N4.ClH/c1-12-19(31(5)30-20(12)22(2,3)4)21-28-17-11-13(10-16(24)18(17)29-21)14-8-6-7-9-15(14)23(25,26)27;/h6-11H,1-5H3,(H,28,29);1H. The Balaban J connectivity index is 0.00000289. The highest BCUT2D eigenvalue weighted by molar-refractivity contribution is 6.35. The van der Waals surface area contributed by atoms with Crippen LogP contribution >= 0.6 is 24.0 Å². The first-order valence-electron chi connectivity index (χ1n) is 9.78. The van der Waals surface area contributed by atoms with Gasteiger partial charge in [0.1, 0.15) is 11.2 Å². The van der Waals surface area contributed by atoms with Gasteiger partial charge in [0.25, 0.3) is 0 Å². The van der Waals surface area contributed by atoms with Crippen molar-refractivity contribution in [3.8, 4) is 22.6 Å². The molecule has 0 radical (unpaired) electrons. The Labute approximate surface area is 195 Å². The van der Waals surface area contributed by atoms with Crippen LogP contribution in [0, 0.1) is 6.92 Å². The van der Waals surface area contributed by atoms with E-state index in [1.807, 2.05) is 14.0 Å². The molecule has 0 amide bonds. The van der Waals surface area contributed by atoms with Gasteiger partial charge in [0, 0.05) is 18.0 Å². The summed E-state index contributed by atoms with van der Waals surface area (Å²) in [5.41, 5.74) is 3.42. The summed E-state index contributed by atoms with van der Waals surface area (Å²) in [7, 11) is 1.84. The van der Waals surface area contributed by atoms with Crippen LogP contribution in [-0.4, -0.2) is 19.7 Å². The van der Waals surface area contributed by atoms with Gasteiger partial charge < -0.3 is 4.98 Å². The van der Waals surface area contributed by atoms with E-state index in [0.29, 0.717) is 22.4 Å². The molecule has 1 N–H and O–H groups in total. The Hall–Kier alpha value is -2.51. The van der Waals surface area contributed by atoms with Gasteiger partial charge in [-0.1, -0.05) is 50.6 Å². The number of aryl methyl sites for hydroxylation is 1. The molecule has 2 aromatic carbocycles. The summed E-state index contributed by atoms with van der Waals surface area (Å²) in [5.74, 6) is 0.571. The highest BCUT2D eigenvalue weighted by atomic mass is 35.5. The van der Waals surface area contributed by atoms with Crippen LogP contribution in [0.15, 0.2) is 36.4 Å². The summed E-state index contributed by atoms with van der Waals surface area (Å²) < 4.78 is 42.3. The van der Waals surface area contributed by atoms with Crippen LogP contribution in [-0.2, 0) is 18.6 Å². The molecule has 0 fully saturated rings. The molecule has 0 spiro atoms. The van der Waals surface area contributed by atoms with E-state index in [1.165, 1.54) is 18.2 Å². The number of benzene rings is 2. The maximum absolute atomic E-state index is 13.5. The molecule has 0 bridgehead atoms. The molecular formula is C23H23Cl2F3N4. The Morgan fingerprint density at radius 3 is 2.31 bits per heavy atom. The van der Waals surface area contributed by atoms with Crippen LogP contribution in [0.1, 0.15) is 37.6 Å². The van der Waals surface area contributed by atoms with Gasteiger partial charge in [-0.3, -0.25) is 4.68 Å². The molecule has 0 atom stereocenters. The zero-order chi connectivity index (χ0) is 22.7. The lowest BCUT2D eigenvalue weighted by molar-refractivity contribution is -0.137. The third kappa shape index (κ3) is 4.11. The normalized spacial score (nSPS) is 12.3. The molecule has 0 saturated carbocycles. The molecule has 32 heavy (non-hydrogen) atoms. The zero-order valence-corrected chi connectivity index (χ0v) is 19.8. The van der Waals surface area contributed by atoms with E-state index in [0.717, 1.165) is 23.0 Å². The minimum atomic E-state index is -4.47. The van der Waals surface area contributed by atoms with E-state index in [-0.39, 0.29) is 28.4 Å². The average molecular weight is 483 g/mol. The van der Waals surface area contributed by atoms with E-state index in [1.54, 1.807) is 16.8 Å². The molecule has 0 aliphatic heterocycles. The van der Waals surface area contributed by atoms with Gasteiger partial charge in [0.05, 0.1) is 21.8 Å². The second-order valence-corrected chi connectivity index (χ2v) is 9.09. The fourth-order valence-corrected chi connectivity index (χ4v) is 4.26. The third-order valence-corrected chi connectivity index (χ3v) is 5.59. The predicted molar refractivity (Wildman–Crippen MR) is 124 cm³/mol. The Bertz CT molecular complexity index is 1300. The molecule has 170 valence electrons. The minimum Gasteiger partial charge on any atom is -0.337 e. The summed E-state index contributed by atoms with van der Waals surface area (Å²) in [6.07, 6.45) is -4.47. The molecular weight excluding hydrogens is 460 g/mol. The number of aromatic amines is 1. The van der Waals surface area contributed by atoms with Crippen molar-refractivity contribution in [3.63, 3.8) is 0 Å². The van der Waals surface area contributed by atoms with Crippen molar-refractivity contribution in [1.82, 2.24) is 19.7 Å². The first kappa shape index (κ1) is 24.1. The van der Waals surface area contributed by atoms with Crippen LogP contribution in [0.2, 0.25) is 5.02 Å². The molecule has 0 aliphatic rings. The van der Waals surface area contributed by atoms with Crippen LogP contribution in [0.3, 0.4) is 0 Å². The molecule has 4 nitrogen and oxygen atoms in total. The van der Waals surface area contributed by atoms with Gasteiger partial charge in [-0.2, -0.15) is 18.3 Å². The first-order valence-corrected chi connectivity index (χ1v) is 10.2. The number of nitrogens with one attached hydrogen (secondary N) is 1. The number of rotatable bonds is 2. The molecule has 0 aliphatic carbocycles. The lowest BCUT2D eigenvalue weighted by Gasteiger charge is -2.16. The lowest BCUT2D eigenvalue weighted by atomic mass is 9.89. The van der Waals surface area contributed by atoms with Gasteiger partial charge in [0.2, 0.25) is 0 Å². The van der Waals surface area contributed by atoms with Crippen molar-refractivity contribution in [2.45, 2.75) is 39.3 Å². The Morgan fingerprint density at radius 1 is 1.06 bits per heavy atom. The topological polar surface area (TPSA) is 46.5 Å². The number of hydrogen-bond donors (Lipinski definition) is 1. The first-order chi connectivity index (χ1) is 14.4. The van der Waals surface area contributed by atoms with E-state index < -0.39 is 11.7 Å². The third-order valence-electron chi connectivity index (χ3n) is 5.30. The second kappa shape index (κ2) is 8.12. The van der Waals surface area contributed by atoms with Gasteiger partial charge in [0.15, 0.2) is 5.82 Å². The second-order valence-electron chi connectivity index (χ2n) is 8.68. The zero-order valence-electron chi connectivity index (χ0n) is 18.2. The highest BCUT2D eigenvalue weighted by Crippen LogP contribution is 2.39. The van der Waals surface area contributed by atoms with E-state index in [2.05, 4.69) is 35.8 Å². The summed E-state index contributed by atoms with van der Waals surface area (Å²) in [4.78, 5) is 7.86. The summed E-state index contributed by atoms with van der Waals surface area (Å²) in [6, 6.07) is 8.64. The SMILES string of the molecule is Cc1c(C(C)(C)C)nn(C)c1-c1nc2c(Cl)cc(-c3ccccc3C(F)(F)F)cc2[nH]1.Cl. The van der Waals surface area contributed by atoms with Crippen LogP contribution in [0.4, 0.5) is 13.2 Å². The van der Waals surface area contributed by atoms with Gasteiger partial charge >= 0.3 is 6.18 Å². The number of alkyl halides is 3. The number of nitrogens with zero attached hydrogens (tertiary/aromatic N) is 3. The Kier molecular flexibility index (Phi) is 6.13. The van der Waals surface area contributed by atoms with Crippen molar-refractivity contribution in [1.29, 1.82) is 0 Å². The number of imidazole rings is 1. The Morgan fingerprint density at radius 2 is 1.72 bits per heavy atom.